The molecule has 1 heterocycles. The summed E-state index contributed by atoms with van der Waals surface area (Å²) in [6, 6.07) is -0.320. The van der Waals surface area contributed by atoms with Crippen molar-refractivity contribution in [1.82, 2.24) is 10.1 Å². The standard InChI is InChI=1S/C9H15N3O2/c1-2-6(10)7(13)8-11-9(14-12-8)5-3-4-5/h5-7,13H,2-4,10H2,1H3/t6-,7?/m0/s1. The van der Waals surface area contributed by atoms with Gasteiger partial charge in [0, 0.05) is 12.0 Å². The summed E-state index contributed by atoms with van der Waals surface area (Å²) in [7, 11) is 0. The van der Waals surface area contributed by atoms with Gasteiger partial charge in [0.15, 0.2) is 0 Å². The molecule has 1 aromatic rings. The minimum absolute atomic E-state index is 0.320. The van der Waals surface area contributed by atoms with Crippen LogP contribution in [0.5, 0.6) is 0 Å². The molecule has 1 aromatic heterocycles. The van der Waals surface area contributed by atoms with Crippen LogP contribution in [0, 0.1) is 0 Å². The Bertz CT molecular complexity index is 309. The van der Waals surface area contributed by atoms with Crippen LogP contribution in [0.4, 0.5) is 0 Å². The molecular weight excluding hydrogens is 182 g/mol. The zero-order chi connectivity index (χ0) is 10.1. The van der Waals surface area contributed by atoms with Crippen LogP contribution in [0.25, 0.3) is 0 Å². The third kappa shape index (κ3) is 1.78. The van der Waals surface area contributed by atoms with Crippen LogP contribution in [0.3, 0.4) is 0 Å². The van der Waals surface area contributed by atoms with E-state index in [1.807, 2.05) is 6.92 Å². The van der Waals surface area contributed by atoms with Gasteiger partial charge in [0.05, 0.1) is 0 Å². The van der Waals surface area contributed by atoms with Crippen molar-refractivity contribution in [2.75, 3.05) is 0 Å². The number of nitrogens with zero attached hydrogens (tertiary/aromatic N) is 2. The van der Waals surface area contributed by atoms with Crippen molar-refractivity contribution >= 4 is 0 Å². The first-order valence-electron chi connectivity index (χ1n) is 4.99. The SMILES string of the molecule is CC[C@H](N)C(O)c1noc(C2CC2)n1. The van der Waals surface area contributed by atoms with Crippen LogP contribution >= 0.6 is 0 Å². The number of hydrogen-bond acceptors (Lipinski definition) is 5. The molecule has 0 aromatic carbocycles. The van der Waals surface area contributed by atoms with E-state index in [2.05, 4.69) is 10.1 Å². The average molecular weight is 197 g/mol. The Kier molecular flexibility index (Phi) is 2.52. The average Bonchev–Trinajstić information content (AvgIpc) is 2.94. The highest BCUT2D eigenvalue weighted by Gasteiger charge is 2.31. The van der Waals surface area contributed by atoms with Crippen molar-refractivity contribution in [1.29, 1.82) is 0 Å². The van der Waals surface area contributed by atoms with E-state index in [9.17, 15) is 5.11 Å². The molecule has 14 heavy (non-hydrogen) atoms. The Morgan fingerprint density at radius 2 is 2.36 bits per heavy atom. The molecule has 0 bridgehead atoms. The Labute approximate surface area is 82.3 Å². The molecule has 5 nitrogen and oxygen atoms in total. The Hall–Kier alpha value is -0.940. The van der Waals surface area contributed by atoms with Crippen LogP contribution in [-0.4, -0.2) is 21.3 Å². The summed E-state index contributed by atoms with van der Waals surface area (Å²) in [5.74, 6) is 1.38. The van der Waals surface area contributed by atoms with Gasteiger partial charge in [-0.05, 0) is 19.3 Å². The highest BCUT2D eigenvalue weighted by Crippen LogP contribution is 2.39. The predicted octanol–water partition coefficient (Wildman–Crippen LogP) is 0.718. The normalized spacial score (nSPS) is 20.8. The zero-order valence-corrected chi connectivity index (χ0v) is 8.18. The van der Waals surface area contributed by atoms with Gasteiger partial charge in [0.25, 0.3) is 0 Å². The molecule has 0 saturated heterocycles. The van der Waals surface area contributed by atoms with Gasteiger partial charge < -0.3 is 15.4 Å². The quantitative estimate of drug-likeness (QED) is 0.742. The second-order valence-electron chi connectivity index (χ2n) is 3.78. The van der Waals surface area contributed by atoms with Crippen molar-refractivity contribution in [3.8, 4) is 0 Å². The van der Waals surface area contributed by atoms with Gasteiger partial charge in [0.1, 0.15) is 6.10 Å². The summed E-state index contributed by atoms with van der Waals surface area (Å²) in [5, 5.41) is 13.4. The van der Waals surface area contributed by atoms with Gasteiger partial charge in [-0.1, -0.05) is 12.1 Å². The van der Waals surface area contributed by atoms with Gasteiger partial charge in [-0.3, -0.25) is 0 Å². The highest BCUT2D eigenvalue weighted by atomic mass is 16.5. The zero-order valence-electron chi connectivity index (χ0n) is 8.18. The topological polar surface area (TPSA) is 85.2 Å². The maximum atomic E-state index is 9.69. The number of rotatable bonds is 4. The van der Waals surface area contributed by atoms with E-state index < -0.39 is 6.10 Å². The molecule has 0 radical (unpaired) electrons. The molecule has 1 aliphatic carbocycles. The molecule has 0 amide bonds. The Balaban J connectivity index is 2.07. The lowest BCUT2D eigenvalue weighted by molar-refractivity contribution is 0.132. The number of hydrogen-bond donors (Lipinski definition) is 2. The summed E-state index contributed by atoms with van der Waals surface area (Å²) in [4.78, 5) is 4.13. The van der Waals surface area contributed by atoms with Crippen molar-refractivity contribution in [2.24, 2.45) is 5.73 Å². The number of aromatic nitrogens is 2. The van der Waals surface area contributed by atoms with Gasteiger partial charge in [-0.15, -0.1) is 0 Å². The van der Waals surface area contributed by atoms with Crippen LogP contribution in [0.15, 0.2) is 4.52 Å². The first-order chi connectivity index (χ1) is 6.72. The van der Waals surface area contributed by atoms with Crippen LogP contribution in [0.2, 0.25) is 0 Å². The van der Waals surface area contributed by atoms with Gasteiger partial charge in [-0.25, -0.2) is 0 Å². The molecular formula is C9H15N3O2. The van der Waals surface area contributed by atoms with E-state index in [0.29, 0.717) is 24.1 Å². The third-order valence-corrected chi connectivity index (χ3v) is 2.53. The molecule has 1 aliphatic rings. The Morgan fingerprint density at radius 3 is 2.93 bits per heavy atom. The summed E-state index contributed by atoms with van der Waals surface area (Å²) in [6.07, 6.45) is 2.10. The lowest BCUT2D eigenvalue weighted by atomic mass is 10.1. The summed E-state index contributed by atoms with van der Waals surface area (Å²) >= 11 is 0. The second kappa shape index (κ2) is 3.67. The molecule has 0 aliphatic heterocycles. The van der Waals surface area contributed by atoms with E-state index in [-0.39, 0.29) is 6.04 Å². The Morgan fingerprint density at radius 1 is 1.64 bits per heavy atom. The molecule has 78 valence electrons. The minimum Gasteiger partial charge on any atom is -0.383 e. The summed E-state index contributed by atoms with van der Waals surface area (Å²) in [5.41, 5.74) is 5.68. The monoisotopic (exact) mass is 197 g/mol. The molecule has 0 spiro atoms. The molecule has 1 fully saturated rings. The van der Waals surface area contributed by atoms with Gasteiger partial charge in [-0.2, -0.15) is 4.98 Å². The van der Waals surface area contributed by atoms with Gasteiger partial charge in [0.2, 0.25) is 11.7 Å². The number of aliphatic hydroxyl groups is 1. The van der Waals surface area contributed by atoms with Crippen LogP contribution in [0.1, 0.15) is 49.9 Å². The van der Waals surface area contributed by atoms with Gasteiger partial charge >= 0.3 is 0 Å². The van der Waals surface area contributed by atoms with Crippen LogP contribution in [-0.2, 0) is 0 Å². The smallest absolute Gasteiger partial charge is 0.229 e. The maximum Gasteiger partial charge on any atom is 0.229 e. The predicted molar refractivity (Wildman–Crippen MR) is 49.5 cm³/mol. The summed E-state index contributed by atoms with van der Waals surface area (Å²) in [6.45, 7) is 1.91. The molecule has 1 saturated carbocycles. The number of nitrogens with two attached hydrogens (primary N) is 1. The highest BCUT2D eigenvalue weighted by molar-refractivity contribution is 5.03. The van der Waals surface area contributed by atoms with E-state index in [0.717, 1.165) is 12.8 Å². The van der Waals surface area contributed by atoms with Crippen molar-refractivity contribution in [3.63, 3.8) is 0 Å². The molecule has 5 heteroatoms. The van der Waals surface area contributed by atoms with E-state index in [1.165, 1.54) is 0 Å². The van der Waals surface area contributed by atoms with E-state index >= 15 is 0 Å². The third-order valence-electron chi connectivity index (χ3n) is 2.53. The minimum atomic E-state index is -0.809. The second-order valence-corrected chi connectivity index (χ2v) is 3.78. The first kappa shape index (κ1) is 9.61. The van der Waals surface area contributed by atoms with Crippen molar-refractivity contribution in [3.05, 3.63) is 11.7 Å². The lowest BCUT2D eigenvalue weighted by Crippen LogP contribution is -2.28. The maximum absolute atomic E-state index is 9.69. The van der Waals surface area contributed by atoms with E-state index in [1.54, 1.807) is 0 Å². The molecule has 1 unspecified atom stereocenters. The number of aliphatic hydroxyl groups excluding tert-OH is 1. The van der Waals surface area contributed by atoms with Crippen molar-refractivity contribution in [2.45, 2.75) is 44.2 Å². The van der Waals surface area contributed by atoms with Crippen molar-refractivity contribution < 1.29 is 9.63 Å². The fourth-order valence-corrected chi connectivity index (χ4v) is 1.28. The summed E-state index contributed by atoms with van der Waals surface area (Å²) < 4.78 is 5.03. The lowest BCUT2D eigenvalue weighted by Gasteiger charge is -2.12. The van der Waals surface area contributed by atoms with Crippen LogP contribution < -0.4 is 5.73 Å². The first-order valence-corrected chi connectivity index (χ1v) is 4.99. The molecule has 3 N–H and O–H groups in total. The molecule has 2 atom stereocenters. The molecule has 2 rings (SSSR count). The van der Waals surface area contributed by atoms with E-state index in [4.69, 9.17) is 10.3 Å². The fraction of sp³-hybridized carbons (Fsp3) is 0.778. The fourth-order valence-electron chi connectivity index (χ4n) is 1.28. The largest absolute Gasteiger partial charge is 0.383 e.